The van der Waals surface area contributed by atoms with Crippen LogP contribution in [0, 0.1) is 4.78 Å². The molecule has 0 saturated carbocycles. The summed E-state index contributed by atoms with van der Waals surface area (Å²) >= 11 is 0. The summed E-state index contributed by atoms with van der Waals surface area (Å²) in [4.78, 5) is 3.89. The molecule has 12 nitrogen and oxygen atoms in total. The van der Waals surface area contributed by atoms with Crippen molar-refractivity contribution in [3.8, 4) is 0 Å². The van der Waals surface area contributed by atoms with Crippen LogP contribution in [0.3, 0.4) is 0 Å². The number of alkyl halides is 6. The van der Waals surface area contributed by atoms with Crippen molar-refractivity contribution >= 4 is 31.7 Å². The molecule has 7 N–H and O–H groups in total. The lowest BCUT2D eigenvalue weighted by molar-refractivity contribution is 0.00734. The molecule has 0 heterocycles. The van der Waals surface area contributed by atoms with Crippen LogP contribution >= 0.6 is 0 Å². The third-order valence-corrected chi connectivity index (χ3v) is 7.35. The van der Waals surface area contributed by atoms with Gasteiger partial charge in [-0.1, -0.05) is 54.4 Å². The fourth-order valence-electron chi connectivity index (χ4n) is 3.55. The number of nitrogens with two attached hydrogens (primary N) is 2. The zero-order valence-corrected chi connectivity index (χ0v) is 28.2. The maximum Gasteiger partial charge on any atom is 0.379 e. The van der Waals surface area contributed by atoms with Crippen molar-refractivity contribution in [3.63, 3.8) is 0 Å². The minimum Gasteiger partial charge on any atom is -0.328 e. The SMILES string of the molecule is CCCC(N)CC(N(CC)CC)[SH](=O)=O.CCCC(N)CC(N(CC)CC)[SH](=O)=O.FC(F)F.FC(F)F.N=S(=O)(O)O. The van der Waals surface area contributed by atoms with E-state index in [2.05, 4.69) is 13.8 Å². The maximum atomic E-state index is 11.1. The maximum absolute atomic E-state index is 11.1. The molecule has 0 aliphatic rings. The Labute approximate surface area is 256 Å². The minimum absolute atomic E-state index is 0.00602. The minimum atomic E-state index is -4.17. The van der Waals surface area contributed by atoms with Crippen molar-refractivity contribution in [1.82, 2.24) is 9.80 Å². The summed E-state index contributed by atoms with van der Waals surface area (Å²) < 4.78 is 132. The molecule has 0 aromatic rings. The van der Waals surface area contributed by atoms with E-state index in [0.29, 0.717) is 12.8 Å². The fourth-order valence-corrected chi connectivity index (χ4v) is 5.62. The van der Waals surface area contributed by atoms with Crippen LogP contribution in [-0.4, -0.2) is 102 Å². The van der Waals surface area contributed by atoms with E-state index in [4.69, 9.17) is 29.6 Å². The largest absolute Gasteiger partial charge is 0.379 e. The Hall–Kier alpha value is -0.810. The van der Waals surface area contributed by atoms with Crippen LogP contribution in [0.2, 0.25) is 0 Å². The lowest BCUT2D eigenvalue weighted by Gasteiger charge is -2.27. The molecule has 0 aromatic carbocycles. The van der Waals surface area contributed by atoms with E-state index in [9.17, 15) is 43.2 Å². The van der Waals surface area contributed by atoms with Gasteiger partial charge in [-0.15, -0.1) is 0 Å². The molecule has 43 heavy (non-hydrogen) atoms. The smallest absolute Gasteiger partial charge is 0.328 e. The second kappa shape index (κ2) is 32.6. The Kier molecular flexibility index (Phi) is 39.2. The molecular formula is C22H53F6N5O7S3. The second-order valence-corrected chi connectivity index (χ2v) is 11.9. The molecule has 0 rings (SSSR count). The van der Waals surface area contributed by atoms with Gasteiger partial charge in [0.2, 0.25) is 0 Å². The number of rotatable bonds is 16. The van der Waals surface area contributed by atoms with E-state index >= 15 is 0 Å². The van der Waals surface area contributed by atoms with E-state index in [1.807, 2.05) is 37.5 Å². The summed E-state index contributed by atoms with van der Waals surface area (Å²) in [6, 6.07) is -0.0120. The normalized spacial score (nSPS) is 14.1. The molecule has 0 fully saturated rings. The van der Waals surface area contributed by atoms with Crippen LogP contribution in [0.4, 0.5) is 26.3 Å². The summed E-state index contributed by atoms with van der Waals surface area (Å²) in [5, 5.41) is -0.784. The Morgan fingerprint density at radius 3 is 0.953 bits per heavy atom. The lowest BCUT2D eigenvalue weighted by Crippen LogP contribution is -2.40. The fraction of sp³-hybridized carbons (Fsp3) is 1.00. The van der Waals surface area contributed by atoms with Gasteiger partial charge in [0, 0.05) is 12.1 Å². The molecule has 0 aromatic heterocycles. The van der Waals surface area contributed by atoms with Gasteiger partial charge in [-0.25, -0.2) is 21.6 Å². The molecule has 0 bridgehead atoms. The van der Waals surface area contributed by atoms with E-state index in [-0.39, 0.29) is 12.1 Å². The average Bonchev–Trinajstić information content (AvgIpc) is 2.83. The molecular weight excluding hydrogens is 656 g/mol. The zero-order chi connectivity index (χ0) is 35.3. The average molecular weight is 710 g/mol. The van der Waals surface area contributed by atoms with Crippen molar-refractivity contribution in [3.05, 3.63) is 0 Å². The number of thiol groups is 2. The van der Waals surface area contributed by atoms with Crippen LogP contribution in [0.25, 0.3) is 0 Å². The molecule has 4 atom stereocenters. The molecule has 0 aliphatic carbocycles. The molecule has 4 unspecified atom stereocenters. The number of hydrogen-bond acceptors (Lipinski definition) is 10. The molecule has 268 valence electrons. The summed E-state index contributed by atoms with van der Waals surface area (Å²) in [6.45, 7) is 7.69. The Morgan fingerprint density at radius 1 is 0.651 bits per heavy atom. The van der Waals surface area contributed by atoms with Crippen molar-refractivity contribution in [1.29, 1.82) is 4.78 Å². The van der Waals surface area contributed by atoms with Gasteiger partial charge < -0.3 is 11.5 Å². The van der Waals surface area contributed by atoms with E-state index in [1.54, 1.807) is 0 Å². The van der Waals surface area contributed by atoms with Crippen LogP contribution in [0.15, 0.2) is 0 Å². The van der Waals surface area contributed by atoms with Gasteiger partial charge in [0.25, 0.3) is 10.3 Å². The monoisotopic (exact) mass is 709 g/mol. The quantitative estimate of drug-likeness (QED) is 0.0903. The first-order valence-electron chi connectivity index (χ1n) is 13.4. The summed E-state index contributed by atoms with van der Waals surface area (Å²) in [5.74, 6) is 0. The molecule has 0 amide bonds. The number of hydrogen-bond donors (Lipinski definition) is 7. The van der Waals surface area contributed by atoms with Crippen molar-refractivity contribution in [2.24, 2.45) is 11.5 Å². The first-order chi connectivity index (χ1) is 19.6. The third-order valence-electron chi connectivity index (χ3n) is 5.30. The Bertz CT molecular complexity index is 785. The number of nitrogens with zero attached hydrogens (tertiary/aromatic N) is 2. The predicted molar refractivity (Wildman–Crippen MR) is 159 cm³/mol. The van der Waals surface area contributed by atoms with Crippen LogP contribution in [0.5, 0.6) is 0 Å². The molecule has 0 saturated heterocycles. The Balaban J connectivity index is -0.000000159. The first kappa shape index (κ1) is 51.8. The first-order valence-corrected chi connectivity index (χ1v) is 17.4. The van der Waals surface area contributed by atoms with Crippen LogP contribution < -0.4 is 11.5 Å². The highest BCUT2D eigenvalue weighted by Crippen LogP contribution is 2.11. The van der Waals surface area contributed by atoms with Crippen LogP contribution in [-0.2, 0) is 31.7 Å². The molecule has 0 aliphatic heterocycles. The van der Waals surface area contributed by atoms with E-state index in [1.165, 1.54) is 0 Å². The summed E-state index contributed by atoms with van der Waals surface area (Å²) in [5.41, 5.74) is 11.8. The van der Waals surface area contributed by atoms with E-state index in [0.717, 1.165) is 51.9 Å². The predicted octanol–water partition coefficient (Wildman–Crippen LogP) is 3.90. The lowest BCUT2D eigenvalue weighted by atomic mass is 10.1. The van der Waals surface area contributed by atoms with Crippen molar-refractivity contribution in [2.75, 3.05) is 26.2 Å². The van der Waals surface area contributed by atoms with Gasteiger partial charge in [0.05, 0.1) is 0 Å². The van der Waals surface area contributed by atoms with Gasteiger partial charge >= 0.3 is 13.4 Å². The standard InChI is InChI=1S/2C10H24N2O2S.2CHF3.H3NO3S/c2*1-4-7-9(11)8-10(15(13)14)12(5-2)6-3;2*2-1(3)4;1-5(2,3)4/h2*9-10,15H,4-8,11H2,1-3H3;2*1H;(H3,1,2,3,4). The van der Waals surface area contributed by atoms with Gasteiger partial charge in [-0.3, -0.25) is 18.9 Å². The van der Waals surface area contributed by atoms with E-state index < -0.39 is 55.8 Å². The topological polar surface area (TPSA) is 208 Å². The Morgan fingerprint density at radius 2 is 0.837 bits per heavy atom. The highest BCUT2D eigenvalue weighted by molar-refractivity contribution is 7.81. The summed E-state index contributed by atoms with van der Waals surface area (Å²) in [6.07, 6.45) is 4.88. The van der Waals surface area contributed by atoms with Crippen molar-refractivity contribution < 1.29 is 56.5 Å². The molecule has 0 spiro atoms. The number of halogens is 6. The highest BCUT2D eigenvalue weighted by Gasteiger charge is 2.22. The molecule has 0 radical (unpaired) electrons. The number of nitrogens with one attached hydrogen (secondary N) is 1. The highest BCUT2D eigenvalue weighted by atomic mass is 32.2. The van der Waals surface area contributed by atoms with Gasteiger partial charge in [0.15, 0.2) is 21.4 Å². The van der Waals surface area contributed by atoms with Gasteiger partial charge in [-0.05, 0) is 51.9 Å². The molecule has 21 heteroatoms. The van der Waals surface area contributed by atoms with Gasteiger partial charge in [-0.2, -0.15) is 30.6 Å². The third kappa shape index (κ3) is 45.7. The zero-order valence-electron chi connectivity index (χ0n) is 25.6. The second-order valence-electron chi connectivity index (χ2n) is 8.53. The van der Waals surface area contributed by atoms with Crippen LogP contribution in [0.1, 0.15) is 80.1 Å². The van der Waals surface area contributed by atoms with Gasteiger partial charge in [0.1, 0.15) is 10.7 Å². The summed E-state index contributed by atoms with van der Waals surface area (Å²) in [7, 11) is -8.99. The van der Waals surface area contributed by atoms with Crippen molar-refractivity contribution in [2.45, 2.75) is 116 Å².